The van der Waals surface area contributed by atoms with Crippen LogP contribution in [0.25, 0.3) is 11.3 Å². The van der Waals surface area contributed by atoms with Crippen molar-refractivity contribution >= 4 is 28.2 Å². The zero-order valence-electron chi connectivity index (χ0n) is 13.3. The van der Waals surface area contributed by atoms with Crippen molar-refractivity contribution in [2.24, 2.45) is 0 Å². The van der Waals surface area contributed by atoms with E-state index in [1.165, 1.54) is 32.3 Å². The van der Waals surface area contributed by atoms with E-state index < -0.39 is 0 Å². The van der Waals surface area contributed by atoms with Crippen LogP contribution < -0.4 is 10.5 Å². The Bertz CT molecular complexity index is 802. The van der Waals surface area contributed by atoms with E-state index in [0.29, 0.717) is 5.13 Å². The van der Waals surface area contributed by atoms with Crippen LogP contribution in [-0.2, 0) is 0 Å². The molecule has 0 saturated heterocycles. The first-order valence-electron chi connectivity index (χ1n) is 7.21. The van der Waals surface area contributed by atoms with E-state index in [4.69, 9.17) is 10.5 Å². The molecule has 2 aromatic carbocycles. The van der Waals surface area contributed by atoms with Gasteiger partial charge in [0.05, 0.1) is 12.8 Å². The van der Waals surface area contributed by atoms with Crippen LogP contribution in [0.5, 0.6) is 5.75 Å². The Labute approximate surface area is 144 Å². The third-order valence-electron chi connectivity index (χ3n) is 3.56. The second-order valence-electron chi connectivity index (χ2n) is 5.29. The number of thiazole rings is 1. The van der Waals surface area contributed by atoms with Crippen LogP contribution in [0.1, 0.15) is 11.1 Å². The molecule has 1 aromatic heterocycles. The molecule has 0 aliphatic heterocycles. The summed E-state index contributed by atoms with van der Waals surface area (Å²) in [6.07, 6.45) is 0. The zero-order chi connectivity index (χ0) is 16.4. The van der Waals surface area contributed by atoms with Gasteiger partial charge < -0.3 is 10.5 Å². The number of ether oxygens (including phenoxy) is 1. The number of methoxy groups -OCH3 is 1. The molecule has 0 radical (unpaired) electrons. The molecule has 5 heteroatoms. The molecule has 0 aliphatic rings. The summed E-state index contributed by atoms with van der Waals surface area (Å²) in [6.45, 7) is 4.27. The summed E-state index contributed by atoms with van der Waals surface area (Å²) in [4.78, 5) is 6.85. The van der Waals surface area contributed by atoms with Gasteiger partial charge in [-0.1, -0.05) is 11.8 Å². The Morgan fingerprint density at radius 2 is 1.74 bits per heavy atom. The molecule has 118 valence electrons. The van der Waals surface area contributed by atoms with Crippen LogP contribution in [0, 0.1) is 13.8 Å². The Kier molecular flexibility index (Phi) is 4.59. The van der Waals surface area contributed by atoms with Gasteiger partial charge in [0.2, 0.25) is 0 Å². The molecular weight excluding hydrogens is 324 g/mol. The molecule has 3 rings (SSSR count). The summed E-state index contributed by atoms with van der Waals surface area (Å²) < 4.78 is 5.21. The highest BCUT2D eigenvalue weighted by Gasteiger charge is 2.10. The molecule has 1 heterocycles. The van der Waals surface area contributed by atoms with Crippen LogP contribution >= 0.6 is 23.1 Å². The van der Waals surface area contributed by atoms with E-state index in [9.17, 15) is 0 Å². The number of anilines is 1. The number of aryl methyl sites for hydroxylation is 2. The van der Waals surface area contributed by atoms with Gasteiger partial charge >= 0.3 is 0 Å². The van der Waals surface area contributed by atoms with Crippen molar-refractivity contribution < 1.29 is 4.74 Å². The highest BCUT2D eigenvalue weighted by Crippen LogP contribution is 2.36. The first kappa shape index (κ1) is 15.9. The number of nitrogen functional groups attached to an aromatic ring is 1. The van der Waals surface area contributed by atoms with Crippen LogP contribution in [0.2, 0.25) is 0 Å². The topological polar surface area (TPSA) is 48.1 Å². The molecule has 0 unspecified atom stereocenters. The quantitative estimate of drug-likeness (QED) is 0.710. The maximum atomic E-state index is 5.74. The van der Waals surface area contributed by atoms with Crippen LogP contribution in [0.15, 0.2) is 51.6 Å². The van der Waals surface area contributed by atoms with Gasteiger partial charge in [0.15, 0.2) is 5.13 Å². The third-order valence-corrected chi connectivity index (χ3v) is 5.59. The lowest BCUT2D eigenvalue weighted by atomic mass is 10.1. The predicted molar refractivity (Wildman–Crippen MR) is 98.6 cm³/mol. The standard InChI is InChI=1S/C18H18N2OS2/c1-11-8-13(16-10-22-18(19)20-16)9-12(2)17(11)23-15-6-4-14(21-3)5-7-15/h4-10H,1-3H3,(H2,19,20). The number of nitrogens with zero attached hydrogens (tertiary/aromatic N) is 1. The van der Waals surface area contributed by atoms with Gasteiger partial charge in [-0.05, 0) is 61.4 Å². The van der Waals surface area contributed by atoms with E-state index >= 15 is 0 Å². The van der Waals surface area contributed by atoms with Crippen molar-refractivity contribution in [1.82, 2.24) is 4.98 Å². The van der Waals surface area contributed by atoms with Crippen molar-refractivity contribution in [3.8, 4) is 17.0 Å². The van der Waals surface area contributed by atoms with Gasteiger partial charge in [-0.3, -0.25) is 0 Å². The number of benzene rings is 2. The number of rotatable bonds is 4. The fraction of sp³-hybridized carbons (Fsp3) is 0.167. The van der Waals surface area contributed by atoms with Gasteiger partial charge in [-0.2, -0.15) is 0 Å². The molecular formula is C18H18N2OS2. The van der Waals surface area contributed by atoms with Crippen molar-refractivity contribution in [2.45, 2.75) is 23.6 Å². The first-order chi connectivity index (χ1) is 11.1. The second kappa shape index (κ2) is 6.64. The third kappa shape index (κ3) is 3.51. The van der Waals surface area contributed by atoms with E-state index in [1.54, 1.807) is 18.9 Å². The van der Waals surface area contributed by atoms with Crippen molar-refractivity contribution in [2.75, 3.05) is 12.8 Å². The molecule has 0 fully saturated rings. The fourth-order valence-corrected chi connectivity index (χ4v) is 3.96. The molecule has 0 spiro atoms. The predicted octanol–water partition coefficient (Wildman–Crippen LogP) is 5.17. The second-order valence-corrected chi connectivity index (χ2v) is 7.26. The Balaban J connectivity index is 1.90. The summed E-state index contributed by atoms with van der Waals surface area (Å²) in [6, 6.07) is 12.5. The molecule has 3 nitrogen and oxygen atoms in total. The maximum absolute atomic E-state index is 5.74. The lowest BCUT2D eigenvalue weighted by Crippen LogP contribution is -1.90. The SMILES string of the molecule is COc1ccc(Sc2c(C)cc(-c3csc(N)n3)cc2C)cc1. The average Bonchev–Trinajstić information content (AvgIpc) is 2.98. The average molecular weight is 342 g/mol. The highest BCUT2D eigenvalue weighted by molar-refractivity contribution is 7.99. The number of hydrogen-bond acceptors (Lipinski definition) is 5. The van der Waals surface area contributed by atoms with E-state index in [1.807, 2.05) is 17.5 Å². The first-order valence-corrected chi connectivity index (χ1v) is 8.91. The van der Waals surface area contributed by atoms with Crippen molar-refractivity contribution in [3.63, 3.8) is 0 Å². The summed E-state index contributed by atoms with van der Waals surface area (Å²) in [5, 5.41) is 2.60. The van der Waals surface area contributed by atoms with E-state index in [2.05, 4.69) is 43.1 Å². The minimum absolute atomic E-state index is 0.604. The smallest absolute Gasteiger partial charge is 0.180 e. The fourth-order valence-electron chi connectivity index (χ4n) is 2.44. The normalized spacial score (nSPS) is 10.7. The van der Waals surface area contributed by atoms with Crippen LogP contribution in [-0.4, -0.2) is 12.1 Å². The number of hydrogen-bond donors (Lipinski definition) is 1. The van der Waals surface area contributed by atoms with E-state index in [-0.39, 0.29) is 0 Å². The molecule has 0 amide bonds. The summed E-state index contributed by atoms with van der Waals surface area (Å²) in [5.41, 5.74) is 10.3. The molecule has 2 N–H and O–H groups in total. The minimum Gasteiger partial charge on any atom is -0.497 e. The number of aromatic nitrogens is 1. The van der Waals surface area contributed by atoms with Crippen LogP contribution in [0.3, 0.4) is 0 Å². The number of nitrogens with two attached hydrogens (primary N) is 1. The molecule has 0 saturated carbocycles. The Morgan fingerprint density at radius 3 is 2.26 bits per heavy atom. The van der Waals surface area contributed by atoms with Crippen molar-refractivity contribution in [1.29, 1.82) is 0 Å². The van der Waals surface area contributed by atoms with Crippen LogP contribution in [0.4, 0.5) is 5.13 Å². The molecule has 3 aromatic rings. The largest absolute Gasteiger partial charge is 0.497 e. The molecule has 0 bridgehead atoms. The highest BCUT2D eigenvalue weighted by atomic mass is 32.2. The van der Waals surface area contributed by atoms with Gasteiger partial charge in [0.25, 0.3) is 0 Å². The summed E-state index contributed by atoms with van der Waals surface area (Å²) in [5.74, 6) is 0.874. The minimum atomic E-state index is 0.604. The zero-order valence-corrected chi connectivity index (χ0v) is 14.9. The van der Waals surface area contributed by atoms with Crippen molar-refractivity contribution in [3.05, 3.63) is 52.9 Å². The molecule has 0 atom stereocenters. The summed E-state index contributed by atoms with van der Waals surface area (Å²) >= 11 is 3.24. The Hall–Kier alpha value is -1.98. The van der Waals surface area contributed by atoms with Gasteiger partial charge in [-0.25, -0.2) is 4.98 Å². The monoisotopic (exact) mass is 342 g/mol. The lowest BCUT2D eigenvalue weighted by Gasteiger charge is -2.12. The molecule has 23 heavy (non-hydrogen) atoms. The molecule has 0 aliphatic carbocycles. The lowest BCUT2D eigenvalue weighted by molar-refractivity contribution is 0.414. The van der Waals surface area contributed by atoms with Gasteiger partial charge in [-0.15, -0.1) is 11.3 Å². The Morgan fingerprint density at radius 1 is 1.09 bits per heavy atom. The van der Waals surface area contributed by atoms with Gasteiger partial charge in [0.1, 0.15) is 5.75 Å². The summed E-state index contributed by atoms with van der Waals surface area (Å²) in [7, 11) is 1.68. The van der Waals surface area contributed by atoms with E-state index in [0.717, 1.165) is 17.0 Å². The van der Waals surface area contributed by atoms with Gasteiger partial charge in [0, 0.05) is 20.7 Å². The maximum Gasteiger partial charge on any atom is 0.180 e.